The first-order valence-electron chi connectivity index (χ1n) is 5.05. The summed E-state index contributed by atoms with van der Waals surface area (Å²) < 4.78 is 1.99. The molecule has 0 unspecified atom stereocenters. The molecule has 0 radical (unpaired) electrons. The molecule has 0 aliphatic rings. The predicted octanol–water partition coefficient (Wildman–Crippen LogP) is 1.90. The first-order valence-corrected chi connectivity index (χ1v) is 5.05. The molecule has 0 aromatic carbocycles. The van der Waals surface area contributed by atoms with Crippen LogP contribution in [0.3, 0.4) is 0 Å². The molecule has 0 fully saturated rings. The number of nitrogens with zero attached hydrogens (tertiary/aromatic N) is 3. The molecule has 0 bridgehead atoms. The fourth-order valence-corrected chi connectivity index (χ4v) is 1.55. The molecule has 2 N–H and O–H groups in total. The smallest absolute Gasteiger partial charge is 0.162 e. The van der Waals surface area contributed by atoms with Gasteiger partial charge in [0, 0.05) is 24.4 Å². The average Bonchev–Trinajstić information content (AvgIpc) is 2.45. The molecule has 15 heavy (non-hydrogen) atoms. The van der Waals surface area contributed by atoms with Crippen molar-refractivity contribution in [3.63, 3.8) is 0 Å². The first-order chi connectivity index (χ1) is 6.96. The fourth-order valence-electron chi connectivity index (χ4n) is 1.55. The molecule has 0 aliphatic heterocycles. The average molecular weight is 204 g/mol. The maximum atomic E-state index is 5.68. The van der Waals surface area contributed by atoms with Gasteiger partial charge in [0.25, 0.3) is 0 Å². The summed E-state index contributed by atoms with van der Waals surface area (Å²) >= 11 is 0. The van der Waals surface area contributed by atoms with E-state index in [4.69, 9.17) is 5.73 Å². The van der Waals surface area contributed by atoms with Gasteiger partial charge in [-0.3, -0.25) is 4.40 Å². The minimum Gasteiger partial charge on any atom is -0.399 e. The van der Waals surface area contributed by atoms with Crippen LogP contribution in [0.25, 0.3) is 5.65 Å². The van der Waals surface area contributed by atoms with Crippen LogP contribution in [0.1, 0.15) is 26.6 Å². The Labute approximate surface area is 89.1 Å². The molecule has 0 spiro atoms. The number of aromatic nitrogens is 3. The summed E-state index contributed by atoms with van der Waals surface area (Å²) in [6.45, 7) is 6.56. The Morgan fingerprint density at radius 3 is 2.73 bits per heavy atom. The Bertz CT molecular complexity index is 479. The minimum atomic E-state index is 0.213. The molecule has 2 rings (SSSR count). The van der Waals surface area contributed by atoms with Gasteiger partial charge in [-0.25, -0.2) is 0 Å². The van der Waals surface area contributed by atoms with Crippen LogP contribution in [0, 0.1) is 5.41 Å². The molecule has 2 heterocycles. The predicted molar refractivity (Wildman–Crippen MR) is 60.6 cm³/mol. The van der Waals surface area contributed by atoms with Crippen LogP contribution >= 0.6 is 0 Å². The van der Waals surface area contributed by atoms with Crippen molar-refractivity contribution in [2.75, 3.05) is 5.73 Å². The summed E-state index contributed by atoms with van der Waals surface area (Å²) in [6.07, 6.45) is 2.82. The lowest BCUT2D eigenvalue weighted by Gasteiger charge is -2.16. The van der Waals surface area contributed by atoms with Crippen LogP contribution in [0.4, 0.5) is 5.69 Å². The molecule has 0 aliphatic carbocycles. The zero-order valence-corrected chi connectivity index (χ0v) is 9.36. The standard InChI is InChI=1S/C11H16N4/c1-11(2,3)7-10-14-13-9-6-8(12)4-5-15(9)10/h4-6H,7,12H2,1-3H3. The molecular formula is C11H16N4. The number of hydrogen-bond donors (Lipinski definition) is 1. The third-order valence-electron chi connectivity index (χ3n) is 2.19. The maximum absolute atomic E-state index is 5.68. The molecule has 80 valence electrons. The number of nitrogen functional groups attached to an aromatic ring is 1. The third kappa shape index (κ3) is 2.09. The van der Waals surface area contributed by atoms with Crippen molar-refractivity contribution in [3.8, 4) is 0 Å². The summed E-state index contributed by atoms with van der Waals surface area (Å²) in [7, 11) is 0. The molecule has 0 saturated carbocycles. The van der Waals surface area contributed by atoms with Crippen molar-refractivity contribution in [1.29, 1.82) is 0 Å². The molecular weight excluding hydrogens is 188 g/mol. The van der Waals surface area contributed by atoms with Crippen molar-refractivity contribution < 1.29 is 0 Å². The Kier molecular flexibility index (Phi) is 2.14. The molecule has 2 aromatic heterocycles. The summed E-state index contributed by atoms with van der Waals surface area (Å²) in [5, 5.41) is 8.28. The van der Waals surface area contributed by atoms with E-state index in [1.54, 1.807) is 0 Å². The lowest BCUT2D eigenvalue weighted by atomic mass is 9.92. The summed E-state index contributed by atoms with van der Waals surface area (Å²) in [4.78, 5) is 0. The summed E-state index contributed by atoms with van der Waals surface area (Å²) in [5.41, 5.74) is 7.43. The number of hydrogen-bond acceptors (Lipinski definition) is 3. The molecule has 0 saturated heterocycles. The van der Waals surface area contributed by atoms with Crippen LogP contribution in [0.2, 0.25) is 0 Å². The van der Waals surface area contributed by atoms with Crippen molar-refractivity contribution in [3.05, 3.63) is 24.2 Å². The highest BCUT2D eigenvalue weighted by molar-refractivity contribution is 5.51. The van der Waals surface area contributed by atoms with Gasteiger partial charge in [-0.15, -0.1) is 10.2 Å². The molecule has 4 nitrogen and oxygen atoms in total. The van der Waals surface area contributed by atoms with Gasteiger partial charge in [-0.2, -0.15) is 0 Å². The van der Waals surface area contributed by atoms with Crippen LogP contribution in [-0.4, -0.2) is 14.6 Å². The fraction of sp³-hybridized carbons (Fsp3) is 0.455. The van der Waals surface area contributed by atoms with E-state index in [0.29, 0.717) is 0 Å². The van der Waals surface area contributed by atoms with E-state index < -0.39 is 0 Å². The monoisotopic (exact) mass is 204 g/mol. The maximum Gasteiger partial charge on any atom is 0.162 e. The zero-order valence-electron chi connectivity index (χ0n) is 9.36. The number of nitrogens with two attached hydrogens (primary N) is 1. The van der Waals surface area contributed by atoms with Gasteiger partial charge in [0.15, 0.2) is 5.65 Å². The highest BCUT2D eigenvalue weighted by atomic mass is 15.2. The van der Waals surface area contributed by atoms with Crippen LogP contribution < -0.4 is 5.73 Å². The normalized spacial score (nSPS) is 12.2. The van der Waals surface area contributed by atoms with E-state index in [2.05, 4.69) is 31.0 Å². The molecule has 0 amide bonds. The van der Waals surface area contributed by atoms with E-state index in [1.165, 1.54) is 0 Å². The molecule has 2 aromatic rings. The second-order valence-corrected chi connectivity index (χ2v) is 5.04. The van der Waals surface area contributed by atoms with Gasteiger partial charge in [-0.1, -0.05) is 20.8 Å². The molecule has 0 atom stereocenters. The van der Waals surface area contributed by atoms with Crippen LogP contribution in [0.15, 0.2) is 18.3 Å². The third-order valence-corrected chi connectivity index (χ3v) is 2.19. The zero-order chi connectivity index (χ0) is 11.1. The quantitative estimate of drug-likeness (QED) is 0.771. The van der Waals surface area contributed by atoms with E-state index in [0.717, 1.165) is 23.6 Å². The van der Waals surface area contributed by atoms with Crippen molar-refractivity contribution in [2.45, 2.75) is 27.2 Å². The Morgan fingerprint density at radius 2 is 2.07 bits per heavy atom. The van der Waals surface area contributed by atoms with Gasteiger partial charge in [0.2, 0.25) is 0 Å². The van der Waals surface area contributed by atoms with Gasteiger partial charge < -0.3 is 5.73 Å². The SMILES string of the molecule is CC(C)(C)Cc1nnc2cc(N)ccn12. The first kappa shape index (κ1) is 9.96. The van der Waals surface area contributed by atoms with E-state index >= 15 is 0 Å². The van der Waals surface area contributed by atoms with E-state index in [-0.39, 0.29) is 5.41 Å². The molecule has 4 heteroatoms. The second-order valence-electron chi connectivity index (χ2n) is 5.04. The highest BCUT2D eigenvalue weighted by Crippen LogP contribution is 2.20. The van der Waals surface area contributed by atoms with Crippen molar-refractivity contribution >= 4 is 11.3 Å². The van der Waals surface area contributed by atoms with Crippen LogP contribution in [-0.2, 0) is 6.42 Å². The summed E-state index contributed by atoms with van der Waals surface area (Å²) in [5.74, 6) is 0.984. The number of rotatable bonds is 1. The highest BCUT2D eigenvalue weighted by Gasteiger charge is 2.15. The Hall–Kier alpha value is -1.58. The van der Waals surface area contributed by atoms with Crippen molar-refractivity contribution in [2.24, 2.45) is 5.41 Å². The van der Waals surface area contributed by atoms with Gasteiger partial charge in [0.1, 0.15) is 5.82 Å². The Morgan fingerprint density at radius 1 is 1.33 bits per heavy atom. The largest absolute Gasteiger partial charge is 0.399 e. The number of pyridine rings is 1. The van der Waals surface area contributed by atoms with E-state index in [1.807, 2.05) is 22.7 Å². The second kappa shape index (κ2) is 3.22. The topological polar surface area (TPSA) is 56.2 Å². The lowest BCUT2D eigenvalue weighted by molar-refractivity contribution is 0.399. The lowest BCUT2D eigenvalue weighted by Crippen LogP contribution is -2.11. The Balaban J connectivity index is 2.45. The number of anilines is 1. The van der Waals surface area contributed by atoms with E-state index in [9.17, 15) is 0 Å². The van der Waals surface area contributed by atoms with Gasteiger partial charge >= 0.3 is 0 Å². The van der Waals surface area contributed by atoms with Crippen LogP contribution in [0.5, 0.6) is 0 Å². The number of fused-ring (bicyclic) bond motifs is 1. The van der Waals surface area contributed by atoms with Gasteiger partial charge in [-0.05, 0) is 11.5 Å². The van der Waals surface area contributed by atoms with Gasteiger partial charge in [0.05, 0.1) is 0 Å². The van der Waals surface area contributed by atoms with Crippen molar-refractivity contribution in [1.82, 2.24) is 14.6 Å². The minimum absolute atomic E-state index is 0.213. The summed E-state index contributed by atoms with van der Waals surface area (Å²) in [6, 6.07) is 3.70.